The van der Waals surface area contributed by atoms with Crippen LogP contribution in [-0.4, -0.2) is 34.9 Å². The molecule has 3 rings (SSSR count). The summed E-state index contributed by atoms with van der Waals surface area (Å²) in [6.07, 6.45) is 3.13. The van der Waals surface area contributed by atoms with Crippen LogP contribution in [0.3, 0.4) is 0 Å². The van der Waals surface area contributed by atoms with Crippen LogP contribution < -0.4 is 14.8 Å². The number of amides is 1. The van der Waals surface area contributed by atoms with Gasteiger partial charge in [-0.3, -0.25) is 9.36 Å². The molecule has 0 aliphatic rings. The van der Waals surface area contributed by atoms with Crippen LogP contribution in [0, 0.1) is 0 Å². The predicted molar refractivity (Wildman–Crippen MR) is 96.6 cm³/mol. The van der Waals surface area contributed by atoms with E-state index in [0.29, 0.717) is 27.2 Å². The summed E-state index contributed by atoms with van der Waals surface area (Å²) < 4.78 is 12.9. The second kappa shape index (κ2) is 7.35. The van der Waals surface area contributed by atoms with E-state index in [1.54, 1.807) is 54.7 Å². The van der Waals surface area contributed by atoms with Gasteiger partial charge in [-0.2, -0.15) is 0 Å². The van der Waals surface area contributed by atoms with E-state index >= 15 is 0 Å². The molecule has 0 unspecified atom stereocenters. The Morgan fingerprint density at radius 2 is 1.84 bits per heavy atom. The SMILES string of the molecule is COc1ccc(NC(=O)c2cc(-n3cnnc3)ccc2Br)c(OC)c1. The van der Waals surface area contributed by atoms with Crippen molar-refractivity contribution in [2.45, 2.75) is 0 Å². The topological polar surface area (TPSA) is 78.3 Å². The first-order valence-corrected chi connectivity index (χ1v) is 8.09. The Kier molecular flexibility index (Phi) is 4.99. The minimum Gasteiger partial charge on any atom is -0.497 e. The molecule has 0 fully saturated rings. The lowest BCUT2D eigenvalue weighted by atomic mass is 10.1. The fourth-order valence-electron chi connectivity index (χ4n) is 2.27. The van der Waals surface area contributed by atoms with Crippen molar-refractivity contribution in [2.75, 3.05) is 19.5 Å². The minimum atomic E-state index is -0.273. The first-order chi connectivity index (χ1) is 12.1. The summed E-state index contributed by atoms with van der Waals surface area (Å²) in [4.78, 5) is 12.7. The molecule has 0 saturated heterocycles. The Morgan fingerprint density at radius 3 is 2.52 bits per heavy atom. The molecule has 0 bridgehead atoms. The van der Waals surface area contributed by atoms with Crippen molar-refractivity contribution in [3.63, 3.8) is 0 Å². The molecular weight excluding hydrogens is 388 g/mol. The van der Waals surface area contributed by atoms with Gasteiger partial charge in [0, 0.05) is 16.2 Å². The van der Waals surface area contributed by atoms with Crippen LogP contribution in [0.4, 0.5) is 5.69 Å². The first kappa shape index (κ1) is 17.0. The summed E-state index contributed by atoms with van der Waals surface area (Å²) in [6.45, 7) is 0. The van der Waals surface area contributed by atoms with Crippen LogP contribution >= 0.6 is 15.9 Å². The number of ether oxygens (including phenoxy) is 2. The van der Waals surface area contributed by atoms with Gasteiger partial charge in [0.05, 0.1) is 25.5 Å². The molecule has 0 radical (unpaired) electrons. The van der Waals surface area contributed by atoms with Gasteiger partial charge in [0.15, 0.2) is 0 Å². The van der Waals surface area contributed by atoms with Crippen LogP contribution in [-0.2, 0) is 0 Å². The second-order valence-corrected chi connectivity index (χ2v) is 5.91. The van der Waals surface area contributed by atoms with Gasteiger partial charge >= 0.3 is 0 Å². The van der Waals surface area contributed by atoms with E-state index < -0.39 is 0 Å². The standard InChI is InChI=1S/C17H15BrN4O3/c1-24-12-4-6-15(16(8-12)25-2)21-17(23)13-7-11(3-5-14(13)18)22-9-19-20-10-22/h3-10H,1-2H3,(H,21,23). The number of methoxy groups -OCH3 is 2. The molecule has 0 atom stereocenters. The third-order valence-corrected chi connectivity index (χ3v) is 4.26. The second-order valence-electron chi connectivity index (χ2n) is 5.05. The summed E-state index contributed by atoms with van der Waals surface area (Å²) in [5, 5.41) is 10.4. The Morgan fingerprint density at radius 1 is 1.08 bits per heavy atom. The van der Waals surface area contributed by atoms with Crippen molar-refractivity contribution in [3.8, 4) is 17.2 Å². The molecule has 8 heteroatoms. The van der Waals surface area contributed by atoms with E-state index in [0.717, 1.165) is 5.69 Å². The number of benzene rings is 2. The number of hydrogen-bond donors (Lipinski definition) is 1. The number of anilines is 1. The quantitative estimate of drug-likeness (QED) is 0.708. The molecule has 3 aromatic rings. The number of aromatic nitrogens is 3. The highest BCUT2D eigenvalue weighted by molar-refractivity contribution is 9.10. The maximum atomic E-state index is 12.7. The molecule has 7 nitrogen and oxygen atoms in total. The number of hydrogen-bond acceptors (Lipinski definition) is 5. The smallest absolute Gasteiger partial charge is 0.256 e. The number of nitrogens with zero attached hydrogens (tertiary/aromatic N) is 3. The van der Waals surface area contributed by atoms with Gasteiger partial charge in [-0.25, -0.2) is 0 Å². The van der Waals surface area contributed by atoms with Gasteiger partial charge in [-0.1, -0.05) is 0 Å². The number of nitrogens with one attached hydrogen (secondary N) is 1. The van der Waals surface area contributed by atoms with Crippen molar-refractivity contribution < 1.29 is 14.3 Å². The van der Waals surface area contributed by atoms with Crippen molar-refractivity contribution in [1.29, 1.82) is 0 Å². The summed E-state index contributed by atoms with van der Waals surface area (Å²) in [6, 6.07) is 10.6. The Hall–Kier alpha value is -2.87. The summed E-state index contributed by atoms with van der Waals surface area (Å²) in [5.41, 5.74) is 1.80. The van der Waals surface area contributed by atoms with E-state index in [1.165, 1.54) is 7.11 Å². The molecule has 1 heterocycles. The summed E-state index contributed by atoms with van der Waals surface area (Å²) in [7, 11) is 3.10. The largest absolute Gasteiger partial charge is 0.497 e. The van der Waals surface area contributed by atoms with E-state index in [-0.39, 0.29) is 5.91 Å². The van der Waals surface area contributed by atoms with Gasteiger partial charge < -0.3 is 14.8 Å². The molecular formula is C17H15BrN4O3. The molecule has 0 spiro atoms. The van der Waals surface area contributed by atoms with Crippen molar-refractivity contribution in [1.82, 2.24) is 14.8 Å². The third-order valence-electron chi connectivity index (χ3n) is 3.57. The van der Waals surface area contributed by atoms with E-state index in [9.17, 15) is 4.79 Å². The van der Waals surface area contributed by atoms with Gasteiger partial charge in [-0.05, 0) is 46.3 Å². The molecule has 2 aromatic carbocycles. The molecule has 25 heavy (non-hydrogen) atoms. The first-order valence-electron chi connectivity index (χ1n) is 7.30. The number of halogens is 1. The normalized spacial score (nSPS) is 10.4. The Labute approximate surface area is 152 Å². The number of carbonyl (C=O) groups excluding carboxylic acids is 1. The Bertz CT molecular complexity index is 897. The van der Waals surface area contributed by atoms with Crippen molar-refractivity contribution >= 4 is 27.5 Å². The van der Waals surface area contributed by atoms with Crippen molar-refractivity contribution in [3.05, 3.63) is 59.1 Å². The maximum absolute atomic E-state index is 12.7. The highest BCUT2D eigenvalue weighted by atomic mass is 79.9. The lowest BCUT2D eigenvalue weighted by Gasteiger charge is -2.13. The average molecular weight is 403 g/mol. The third kappa shape index (κ3) is 3.63. The zero-order chi connectivity index (χ0) is 17.8. The van der Waals surface area contributed by atoms with Crippen LogP contribution in [0.15, 0.2) is 53.5 Å². The fourth-order valence-corrected chi connectivity index (χ4v) is 2.70. The highest BCUT2D eigenvalue weighted by Crippen LogP contribution is 2.30. The molecule has 1 amide bonds. The molecule has 1 N–H and O–H groups in total. The number of rotatable bonds is 5. The summed E-state index contributed by atoms with van der Waals surface area (Å²) >= 11 is 3.41. The molecule has 0 saturated carbocycles. The average Bonchev–Trinajstić information content (AvgIpc) is 3.17. The van der Waals surface area contributed by atoms with E-state index in [2.05, 4.69) is 31.4 Å². The minimum absolute atomic E-state index is 0.273. The monoisotopic (exact) mass is 402 g/mol. The molecule has 0 aliphatic heterocycles. The molecule has 0 aliphatic carbocycles. The molecule has 128 valence electrons. The van der Waals surface area contributed by atoms with Crippen LogP contribution in [0.1, 0.15) is 10.4 Å². The zero-order valence-corrected chi connectivity index (χ0v) is 15.1. The maximum Gasteiger partial charge on any atom is 0.256 e. The van der Waals surface area contributed by atoms with Gasteiger partial charge in [0.2, 0.25) is 0 Å². The zero-order valence-electron chi connectivity index (χ0n) is 13.6. The summed E-state index contributed by atoms with van der Waals surface area (Å²) in [5.74, 6) is 0.884. The highest BCUT2D eigenvalue weighted by Gasteiger charge is 2.14. The van der Waals surface area contributed by atoms with Gasteiger partial charge in [-0.15, -0.1) is 10.2 Å². The number of carbonyl (C=O) groups is 1. The van der Waals surface area contributed by atoms with Crippen LogP contribution in [0.5, 0.6) is 11.5 Å². The van der Waals surface area contributed by atoms with Crippen LogP contribution in [0.2, 0.25) is 0 Å². The molecule has 1 aromatic heterocycles. The Balaban J connectivity index is 1.90. The fraction of sp³-hybridized carbons (Fsp3) is 0.118. The van der Waals surface area contributed by atoms with Gasteiger partial charge in [0.1, 0.15) is 24.2 Å². The lowest BCUT2D eigenvalue weighted by Crippen LogP contribution is -2.14. The van der Waals surface area contributed by atoms with E-state index in [4.69, 9.17) is 9.47 Å². The lowest BCUT2D eigenvalue weighted by molar-refractivity contribution is 0.102. The van der Waals surface area contributed by atoms with Crippen LogP contribution in [0.25, 0.3) is 5.69 Å². The predicted octanol–water partition coefficient (Wildman–Crippen LogP) is 3.30. The van der Waals surface area contributed by atoms with Gasteiger partial charge in [0.25, 0.3) is 5.91 Å². The van der Waals surface area contributed by atoms with E-state index in [1.807, 2.05) is 6.07 Å². The van der Waals surface area contributed by atoms with Crippen molar-refractivity contribution in [2.24, 2.45) is 0 Å².